The van der Waals surface area contributed by atoms with Gasteiger partial charge >= 0.3 is 0 Å². The number of carbonyl (C=O) groups is 1. The Labute approximate surface area is 79.6 Å². The fraction of sp³-hybridized carbons (Fsp3) is 0.727. The molecule has 2 heteroatoms. The van der Waals surface area contributed by atoms with Crippen molar-refractivity contribution in [1.82, 2.24) is 4.90 Å². The molecule has 13 heavy (non-hydrogen) atoms. The van der Waals surface area contributed by atoms with Crippen LogP contribution in [0.15, 0.2) is 12.2 Å². The van der Waals surface area contributed by atoms with Gasteiger partial charge in [0.05, 0.1) is 0 Å². The van der Waals surface area contributed by atoms with E-state index < -0.39 is 0 Å². The van der Waals surface area contributed by atoms with E-state index in [4.69, 9.17) is 0 Å². The first-order valence-corrected chi connectivity index (χ1v) is 5.23. The number of likely N-dealkylation sites (tertiary alicyclic amines) is 1. The quantitative estimate of drug-likeness (QED) is 0.592. The lowest BCUT2D eigenvalue weighted by Crippen LogP contribution is -2.48. The minimum Gasteiger partial charge on any atom is -0.339 e. The maximum Gasteiger partial charge on any atom is 0.246 e. The summed E-state index contributed by atoms with van der Waals surface area (Å²) in [5, 5.41) is 0. The Bertz CT molecular complexity index is 224. The van der Waals surface area contributed by atoms with Crippen LogP contribution in [0.2, 0.25) is 0 Å². The number of carbonyl (C=O) groups excluding carboxylic acids is 1. The summed E-state index contributed by atoms with van der Waals surface area (Å²) in [4.78, 5) is 13.4. The number of nitrogens with zero attached hydrogens (tertiary/aromatic N) is 1. The molecule has 72 valence electrons. The fourth-order valence-electron chi connectivity index (χ4n) is 1.84. The first kappa shape index (κ1) is 8.79. The van der Waals surface area contributed by atoms with Crippen LogP contribution in [-0.4, -0.2) is 23.9 Å². The van der Waals surface area contributed by atoms with E-state index in [-0.39, 0.29) is 5.91 Å². The fourth-order valence-corrected chi connectivity index (χ4v) is 1.84. The van der Waals surface area contributed by atoms with Gasteiger partial charge in [0.2, 0.25) is 5.91 Å². The van der Waals surface area contributed by atoms with Gasteiger partial charge in [-0.05, 0) is 30.8 Å². The van der Waals surface area contributed by atoms with Crippen LogP contribution in [0.3, 0.4) is 0 Å². The second-order valence-electron chi connectivity index (χ2n) is 4.40. The largest absolute Gasteiger partial charge is 0.339 e. The molecule has 1 heterocycles. The Morgan fingerprint density at radius 3 is 2.54 bits per heavy atom. The van der Waals surface area contributed by atoms with Crippen molar-refractivity contribution in [3.8, 4) is 0 Å². The van der Waals surface area contributed by atoms with Crippen LogP contribution in [0.25, 0.3) is 0 Å². The summed E-state index contributed by atoms with van der Waals surface area (Å²) in [6.07, 6.45) is 7.76. The van der Waals surface area contributed by atoms with Crippen molar-refractivity contribution in [3.05, 3.63) is 12.2 Å². The summed E-state index contributed by atoms with van der Waals surface area (Å²) >= 11 is 0. The molecule has 0 aromatic rings. The van der Waals surface area contributed by atoms with Crippen LogP contribution < -0.4 is 0 Å². The van der Waals surface area contributed by atoms with Crippen LogP contribution in [0.5, 0.6) is 0 Å². The molecular weight excluding hydrogens is 162 g/mol. The number of rotatable bonds is 2. The monoisotopic (exact) mass is 179 g/mol. The lowest BCUT2D eigenvalue weighted by Gasteiger charge is -2.36. The van der Waals surface area contributed by atoms with Crippen molar-refractivity contribution in [2.45, 2.75) is 26.2 Å². The predicted octanol–water partition coefficient (Wildman–Crippen LogP) is 1.82. The molecule has 1 aliphatic carbocycles. The van der Waals surface area contributed by atoms with E-state index in [1.54, 1.807) is 6.08 Å². The van der Waals surface area contributed by atoms with E-state index >= 15 is 0 Å². The first-order chi connectivity index (χ1) is 6.25. The summed E-state index contributed by atoms with van der Waals surface area (Å²) in [7, 11) is 0. The van der Waals surface area contributed by atoms with Gasteiger partial charge in [-0.1, -0.05) is 19.4 Å². The van der Waals surface area contributed by atoms with E-state index in [2.05, 4.69) is 13.0 Å². The van der Waals surface area contributed by atoms with Crippen LogP contribution in [0.1, 0.15) is 26.2 Å². The van der Waals surface area contributed by atoms with E-state index in [1.165, 1.54) is 19.3 Å². The molecule has 1 amide bonds. The molecule has 2 aliphatic rings. The van der Waals surface area contributed by atoms with Gasteiger partial charge in [0.25, 0.3) is 0 Å². The molecule has 1 aliphatic heterocycles. The second kappa shape index (κ2) is 3.52. The third-order valence-corrected chi connectivity index (χ3v) is 3.04. The topological polar surface area (TPSA) is 20.3 Å². The van der Waals surface area contributed by atoms with Gasteiger partial charge in [-0.3, -0.25) is 4.79 Å². The van der Waals surface area contributed by atoms with Crippen molar-refractivity contribution in [3.63, 3.8) is 0 Å². The van der Waals surface area contributed by atoms with Crippen LogP contribution in [-0.2, 0) is 4.79 Å². The van der Waals surface area contributed by atoms with E-state index in [0.717, 1.165) is 13.1 Å². The molecule has 1 saturated carbocycles. The van der Waals surface area contributed by atoms with Crippen LogP contribution in [0.4, 0.5) is 0 Å². The summed E-state index contributed by atoms with van der Waals surface area (Å²) < 4.78 is 0. The maximum atomic E-state index is 11.5. The zero-order chi connectivity index (χ0) is 9.26. The minimum absolute atomic E-state index is 0.213. The predicted molar refractivity (Wildman–Crippen MR) is 52.2 cm³/mol. The lowest BCUT2D eigenvalue weighted by molar-refractivity contribution is -0.131. The SMILES string of the molecule is CC1CN(C(=O)/C=C/C2CCC2)C1. The molecule has 2 rings (SSSR count). The summed E-state index contributed by atoms with van der Waals surface area (Å²) in [5.74, 6) is 1.62. The normalized spacial score (nSPS) is 24.5. The zero-order valence-corrected chi connectivity index (χ0v) is 8.20. The summed E-state index contributed by atoms with van der Waals surface area (Å²) in [5.41, 5.74) is 0. The lowest BCUT2D eigenvalue weighted by atomic mass is 9.85. The highest BCUT2D eigenvalue weighted by molar-refractivity contribution is 5.88. The molecule has 0 aromatic carbocycles. The Balaban J connectivity index is 1.74. The van der Waals surface area contributed by atoms with Gasteiger partial charge in [0.1, 0.15) is 0 Å². The van der Waals surface area contributed by atoms with Crippen molar-refractivity contribution in [2.24, 2.45) is 11.8 Å². The van der Waals surface area contributed by atoms with Gasteiger partial charge in [-0.25, -0.2) is 0 Å². The highest BCUT2D eigenvalue weighted by Gasteiger charge is 2.25. The molecule has 0 bridgehead atoms. The van der Waals surface area contributed by atoms with Crippen LogP contribution in [0, 0.1) is 11.8 Å². The van der Waals surface area contributed by atoms with Crippen molar-refractivity contribution in [2.75, 3.05) is 13.1 Å². The zero-order valence-electron chi connectivity index (χ0n) is 8.20. The molecular formula is C11H17NO. The molecule has 2 nitrogen and oxygen atoms in total. The number of amides is 1. The van der Waals surface area contributed by atoms with Gasteiger partial charge in [-0.15, -0.1) is 0 Å². The van der Waals surface area contributed by atoms with E-state index in [0.29, 0.717) is 11.8 Å². The number of allylic oxidation sites excluding steroid dienone is 1. The van der Waals surface area contributed by atoms with Crippen molar-refractivity contribution >= 4 is 5.91 Å². The number of hydrogen-bond donors (Lipinski definition) is 0. The molecule has 0 radical (unpaired) electrons. The Kier molecular flexibility index (Phi) is 2.38. The van der Waals surface area contributed by atoms with Gasteiger partial charge in [0.15, 0.2) is 0 Å². The summed E-state index contributed by atoms with van der Waals surface area (Å²) in [6.45, 7) is 4.08. The molecule has 1 saturated heterocycles. The second-order valence-corrected chi connectivity index (χ2v) is 4.40. The Morgan fingerprint density at radius 1 is 1.38 bits per heavy atom. The van der Waals surface area contributed by atoms with Crippen LogP contribution >= 0.6 is 0 Å². The van der Waals surface area contributed by atoms with Gasteiger partial charge in [-0.2, -0.15) is 0 Å². The van der Waals surface area contributed by atoms with Gasteiger partial charge < -0.3 is 4.90 Å². The minimum atomic E-state index is 0.213. The molecule has 2 fully saturated rings. The third kappa shape index (κ3) is 1.93. The van der Waals surface area contributed by atoms with Crippen molar-refractivity contribution < 1.29 is 4.79 Å². The number of hydrogen-bond acceptors (Lipinski definition) is 1. The average Bonchev–Trinajstić information content (AvgIpc) is 1.95. The first-order valence-electron chi connectivity index (χ1n) is 5.23. The smallest absolute Gasteiger partial charge is 0.246 e. The third-order valence-electron chi connectivity index (χ3n) is 3.04. The maximum absolute atomic E-state index is 11.5. The molecule has 0 atom stereocenters. The highest BCUT2D eigenvalue weighted by Crippen LogP contribution is 2.27. The molecule has 0 spiro atoms. The molecule has 0 unspecified atom stereocenters. The highest BCUT2D eigenvalue weighted by atomic mass is 16.2. The standard InChI is InChI=1S/C11H17NO/c1-9-7-12(8-9)11(13)6-5-10-3-2-4-10/h5-6,9-10H,2-4,7-8H2,1H3/b6-5+. The molecule has 0 aromatic heterocycles. The average molecular weight is 179 g/mol. The summed E-state index contributed by atoms with van der Waals surface area (Å²) in [6, 6.07) is 0. The molecule has 0 N–H and O–H groups in total. The Morgan fingerprint density at radius 2 is 2.08 bits per heavy atom. The van der Waals surface area contributed by atoms with E-state index in [9.17, 15) is 4.79 Å². The van der Waals surface area contributed by atoms with Crippen molar-refractivity contribution in [1.29, 1.82) is 0 Å². The van der Waals surface area contributed by atoms with E-state index in [1.807, 2.05) is 4.90 Å². The van der Waals surface area contributed by atoms with Gasteiger partial charge in [0, 0.05) is 13.1 Å². The Hall–Kier alpha value is -0.790.